The Morgan fingerprint density at radius 1 is 0.927 bits per heavy atom. The van der Waals surface area contributed by atoms with Gasteiger partial charge in [0.15, 0.2) is 0 Å². The Morgan fingerprint density at radius 2 is 1.76 bits per heavy atom. The zero-order valence-corrected chi connectivity index (χ0v) is 24.3. The third-order valence-corrected chi connectivity index (χ3v) is 7.85. The Hall–Kier alpha value is -3.46. The van der Waals surface area contributed by atoms with E-state index in [2.05, 4.69) is 40.5 Å². The summed E-state index contributed by atoms with van der Waals surface area (Å²) in [7, 11) is 5.11. The molecule has 3 aromatic rings. The lowest BCUT2D eigenvalue weighted by Gasteiger charge is -2.37. The summed E-state index contributed by atoms with van der Waals surface area (Å²) < 4.78 is 34.7. The van der Waals surface area contributed by atoms with Crippen LogP contribution in [0.2, 0.25) is 0 Å². The van der Waals surface area contributed by atoms with Crippen LogP contribution in [0.25, 0.3) is 0 Å². The van der Waals surface area contributed by atoms with Crippen LogP contribution in [0.3, 0.4) is 0 Å². The molecular weight excluding hydrogens is 520 g/mol. The number of fused-ring (bicyclic) bond motifs is 1. The van der Waals surface area contributed by atoms with Gasteiger partial charge in [0, 0.05) is 44.8 Å². The molecule has 0 unspecified atom stereocenters. The summed E-state index contributed by atoms with van der Waals surface area (Å²) >= 11 is 0. The van der Waals surface area contributed by atoms with Gasteiger partial charge in [-0.15, -0.1) is 0 Å². The van der Waals surface area contributed by atoms with Gasteiger partial charge in [0.05, 0.1) is 39.2 Å². The number of methoxy groups -OCH3 is 3. The van der Waals surface area contributed by atoms with Crippen molar-refractivity contribution in [3.05, 3.63) is 77.9 Å². The van der Waals surface area contributed by atoms with E-state index in [9.17, 15) is 0 Å². The maximum Gasteiger partial charge on any atom is 0.142 e. The quantitative estimate of drug-likeness (QED) is 0.291. The van der Waals surface area contributed by atoms with E-state index in [0.717, 1.165) is 73.3 Å². The van der Waals surface area contributed by atoms with E-state index in [1.807, 2.05) is 36.4 Å². The third kappa shape index (κ3) is 7.64. The predicted octanol–water partition coefficient (Wildman–Crippen LogP) is 5.05. The Morgan fingerprint density at radius 3 is 2.56 bits per heavy atom. The highest BCUT2D eigenvalue weighted by Gasteiger charge is 2.33. The molecule has 8 heteroatoms. The van der Waals surface area contributed by atoms with Crippen LogP contribution in [0.4, 0.5) is 5.69 Å². The number of nitrogens with one attached hydrogen (secondary N) is 1. The molecule has 8 nitrogen and oxygen atoms in total. The summed E-state index contributed by atoms with van der Waals surface area (Å²) in [6.07, 6.45) is 1.89. The van der Waals surface area contributed by atoms with Gasteiger partial charge >= 0.3 is 0 Å². The predicted molar refractivity (Wildman–Crippen MR) is 160 cm³/mol. The molecule has 2 heterocycles. The van der Waals surface area contributed by atoms with E-state index in [1.54, 1.807) is 21.3 Å². The molecule has 1 fully saturated rings. The van der Waals surface area contributed by atoms with E-state index in [-0.39, 0.29) is 18.1 Å². The number of piperidine rings is 1. The first kappa shape index (κ1) is 29.0. The fourth-order valence-electron chi connectivity index (χ4n) is 5.60. The van der Waals surface area contributed by atoms with Gasteiger partial charge in [-0.1, -0.05) is 24.3 Å². The Bertz CT molecular complexity index is 1240. The molecule has 0 aromatic heterocycles. The van der Waals surface area contributed by atoms with Gasteiger partial charge < -0.3 is 38.6 Å². The van der Waals surface area contributed by atoms with Gasteiger partial charge in [-0.25, -0.2) is 0 Å². The minimum Gasteiger partial charge on any atom is -0.497 e. The van der Waals surface area contributed by atoms with Crippen LogP contribution in [-0.4, -0.2) is 72.9 Å². The highest BCUT2D eigenvalue weighted by Crippen LogP contribution is 2.35. The second-order valence-corrected chi connectivity index (χ2v) is 10.5. The summed E-state index contributed by atoms with van der Waals surface area (Å²) in [4.78, 5) is 2.39. The van der Waals surface area contributed by atoms with Crippen molar-refractivity contribution in [1.29, 1.82) is 0 Å². The van der Waals surface area contributed by atoms with Crippen LogP contribution < -0.4 is 29.2 Å². The summed E-state index contributed by atoms with van der Waals surface area (Å²) in [6, 6.07) is 22.7. The summed E-state index contributed by atoms with van der Waals surface area (Å²) in [6.45, 7) is 5.12. The number of ether oxygens (including phenoxy) is 6. The standard InChI is InChI=1S/C33H42N2O6/c1-36-16-5-14-35-15-17-39-32-13-8-24(18-31(32)35)22-41-33-21-34-26(23-40-29-7-4-6-28(20-29)38-3)19-30(33)25-9-11-27(37-2)12-10-25/h4,6-13,18,20,26,30,33-34H,5,14-17,19,21-23H2,1-3H3/t26-,30+,33-/m0/s1. The Kier molecular flexibility index (Phi) is 10.2. The molecule has 1 N–H and O–H groups in total. The molecule has 2 aliphatic heterocycles. The van der Waals surface area contributed by atoms with Crippen molar-refractivity contribution >= 4 is 5.69 Å². The number of anilines is 1. The highest BCUT2D eigenvalue weighted by atomic mass is 16.5. The van der Waals surface area contributed by atoms with Gasteiger partial charge in [-0.05, 0) is 60.4 Å². The average Bonchev–Trinajstić information content (AvgIpc) is 3.03. The van der Waals surface area contributed by atoms with Gasteiger partial charge in [-0.2, -0.15) is 0 Å². The van der Waals surface area contributed by atoms with Crippen molar-refractivity contribution in [2.45, 2.75) is 37.5 Å². The Balaban J connectivity index is 1.25. The van der Waals surface area contributed by atoms with Gasteiger partial charge in [0.1, 0.15) is 36.2 Å². The van der Waals surface area contributed by atoms with Crippen LogP contribution in [0.5, 0.6) is 23.0 Å². The molecule has 0 aliphatic carbocycles. The zero-order valence-electron chi connectivity index (χ0n) is 24.3. The monoisotopic (exact) mass is 562 g/mol. The molecule has 41 heavy (non-hydrogen) atoms. The highest BCUT2D eigenvalue weighted by molar-refractivity contribution is 5.61. The summed E-state index contributed by atoms with van der Waals surface area (Å²) in [5.41, 5.74) is 3.52. The molecule has 0 amide bonds. The maximum atomic E-state index is 6.63. The van der Waals surface area contributed by atoms with Gasteiger partial charge in [0.25, 0.3) is 0 Å². The molecule has 0 spiro atoms. The van der Waals surface area contributed by atoms with E-state index in [0.29, 0.717) is 19.8 Å². The Labute approximate surface area is 243 Å². The minimum absolute atomic E-state index is 0.0153. The molecule has 2 aliphatic rings. The first-order valence-electron chi connectivity index (χ1n) is 14.4. The second-order valence-electron chi connectivity index (χ2n) is 10.5. The number of benzene rings is 3. The first-order valence-corrected chi connectivity index (χ1v) is 14.4. The number of rotatable bonds is 13. The van der Waals surface area contributed by atoms with Crippen LogP contribution in [0.1, 0.15) is 29.9 Å². The molecule has 5 rings (SSSR count). The van der Waals surface area contributed by atoms with Crippen LogP contribution in [0.15, 0.2) is 66.7 Å². The molecule has 0 bridgehead atoms. The number of hydrogen-bond acceptors (Lipinski definition) is 8. The maximum absolute atomic E-state index is 6.63. The van der Waals surface area contributed by atoms with E-state index >= 15 is 0 Å². The van der Waals surface area contributed by atoms with Crippen LogP contribution in [0, 0.1) is 0 Å². The van der Waals surface area contributed by atoms with E-state index < -0.39 is 0 Å². The van der Waals surface area contributed by atoms with Gasteiger partial charge in [-0.3, -0.25) is 0 Å². The first-order chi connectivity index (χ1) is 20.2. The molecule has 1 saturated heterocycles. The average molecular weight is 563 g/mol. The van der Waals surface area contributed by atoms with Crippen molar-refractivity contribution in [1.82, 2.24) is 5.32 Å². The molecule has 3 aromatic carbocycles. The summed E-state index contributed by atoms with van der Waals surface area (Å²) in [5, 5.41) is 3.67. The van der Waals surface area contributed by atoms with Crippen molar-refractivity contribution in [3.63, 3.8) is 0 Å². The zero-order chi connectivity index (χ0) is 28.4. The van der Waals surface area contributed by atoms with Crippen molar-refractivity contribution in [3.8, 4) is 23.0 Å². The number of nitrogens with zero attached hydrogens (tertiary/aromatic N) is 1. The smallest absolute Gasteiger partial charge is 0.142 e. The largest absolute Gasteiger partial charge is 0.497 e. The molecular formula is C33H42N2O6. The van der Waals surface area contributed by atoms with Crippen molar-refractivity contribution in [2.24, 2.45) is 0 Å². The van der Waals surface area contributed by atoms with E-state index in [4.69, 9.17) is 28.4 Å². The lowest BCUT2D eigenvalue weighted by atomic mass is 9.84. The van der Waals surface area contributed by atoms with Crippen molar-refractivity contribution < 1.29 is 28.4 Å². The molecule has 0 radical (unpaired) electrons. The fraction of sp³-hybridized carbons (Fsp3) is 0.455. The molecule has 0 saturated carbocycles. The fourth-order valence-corrected chi connectivity index (χ4v) is 5.60. The second kappa shape index (κ2) is 14.4. The van der Waals surface area contributed by atoms with Crippen molar-refractivity contribution in [2.75, 3.05) is 65.7 Å². The normalized spacial score (nSPS) is 20.2. The third-order valence-electron chi connectivity index (χ3n) is 7.85. The lowest BCUT2D eigenvalue weighted by Crippen LogP contribution is -2.49. The van der Waals surface area contributed by atoms with Crippen LogP contribution in [-0.2, 0) is 16.1 Å². The minimum atomic E-state index is 0.0153. The summed E-state index contributed by atoms with van der Waals surface area (Å²) in [5.74, 6) is 3.59. The number of hydrogen-bond donors (Lipinski definition) is 1. The SMILES string of the molecule is COCCCN1CCOc2ccc(CO[C@H]3CN[C@H](COc4cccc(OC)c4)C[C@@H]3c3ccc(OC)cc3)cc21. The molecule has 220 valence electrons. The van der Waals surface area contributed by atoms with Gasteiger partial charge in [0.2, 0.25) is 0 Å². The molecule has 3 atom stereocenters. The lowest BCUT2D eigenvalue weighted by molar-refractivity contribution is -0.000723. The van der Waals surface area contributed by atoms with E-state index in [1.165, 1.54) is 5.56 Å². The van der Waals surface area contributed by atoms with Crippen LogP contribution >= 0.6 is 0 Å². The topological polar surface area (TPSA) is 70.7 Å².